The molecule has 1 amide bonds. The number of carbonyl (C=O) groups excluding carboxylic acids is 1. The van der Waals surface area contributed by atoms with Crippen molar-refractivity contribution in [2.45, 2.75) is 38.1 Å². The van der Waals surface area contributed by atoms with Crippen LogP contribution in [0, 0.1) is 24.7 Å². The van der Waals surface area contributed by atoms with E-state index < -0.39 is 22.0 Å². The molecule has 0 saturated heterocycles. The number of hydrogen-bond donors (Lipinski definition) is 2. The molecule has 0 aliphatic rings. The van der Waals surface area contributed by atoms with E-state index in [1.54, 1.807) is 36.5 Å². The summed E-state index contributed by atoms with van der Waals surface area (Å²) in [5.41, 5.74) is 2.85. The minimum absolute atomic E-state index is 0.108. The molecule has 0 bridgehead atoms. The fourth-order valence-electron chi connectivity index (χ4n) is 3.13. The number of amides is 1. The maximum Gasteiger partial charge on any atom is 0.242 e. The average Bonchev–Trinajstić information content (AvgIpc) is 2.78. The second kappa shape index (κ2) is 10.9. The topological polar surface area (TPSA) is 88.2 Å². The molecule has 0 aliphatic carbocycles. The number of aryl methyl sites for hydroxylation is 1. The third-order valence-corrected chi connectivity index (χ3v) is 6.27. The van der Waals surface area contributed by atoms with E-state index in [-0.39, 0.29) is 10.8 Å². The molecular formula is C26H27N3O3S. The van der Waals surface area contributed by atoms with E-state index in [4.69, 9.17) is 0 Å². The molecule has 1 atom stereocenters. The lowest BCUT2D eigenvalue weighted by Gasteiger charge is -2.20. The van der Waals surface area contributed by atoms with Crippen molar-refractivity contribution >= 4 is 21.6 Å². The van der Waals surface area contributed by atoms with Gasteiger partial charge in [-0.05, 0) is 67.6 Å². The van der Waals surface area contributed by atoms with Crippen molar-refractivity contribution in [3.05, 3.63) is 89.7 Å². The van der Waals surface area contributed by atoms with E-state index in [9.17, 15) is 13.2 Å². The fraction of sp³-hybridized carbons (Fsp3) is 0.231. The van der Waals surface area contributed by atoms with Crippen LogP contribution in [0.25, 0.3) is 0 Å². The van der Waals surface area contributed by atoms with Gasteiger partial charge in [0.1, 0.15) is 11.7 Å². The molecule has 1 unspecified atom stereocenters. The molecule has 1 heterocycles. The molecule has 1 aromatic heterocycles. The zero-order valence-electron chi connectivity index (χ0n) is 18.9. The lowest BCUT2D eigenvalue weighted by molar-refractivity contribution is -0.118. The highest BCUT2D eigenvalue weighted by Gasteiger charge is 2.26. The van der Waals surface area contributed by atoms with Gasteiger partial charge in [-0.2, -0.15) is 4.72 Å². The van der Waals surface area contributed by atoms with Crippen LogP contribution in [0.5, 0.6) is 0 Å². The van der Waals surface area contributed by atoms with Crippen LogP contribution in [-0.4, -0.2) is 25.4 Å². The van der Waals surface area contributed by atoms with E-state index in [0.29, 0.717) is 23.4 Å². The van der Waals surface area contributed by atoms with Crippen LogP contribution in [0.15, 0.2) is 77.8 Å². The van der Waals surface area contributed by atoms with Gasteiger partial charge in [0.25, 0.3) is 0 Å². The number of anilines is 1. The zero-order valence-corrected chi connectivity index (χ0v) is 19.7. The Labute approximate surface area is 195 Å². The first kappa shape index (κ1) is 24.2. The number of nitrogens with one attached hydrogen (secondary N) is 2. The molecular weight excluding hydrogens is 434 g/mol. The largest absolute Gasteiger partial charge is 0.325 e. The summed E-state index contributed by atoms with van der Waals surface area (Å²) in [6.07, 6.45) is 2.03. The van der Waals surface area contributed by atoms with Gasteiger partial charge < -0.3 is 5.32 Å². The van der Waals surface area contributed by atoms with Crippen LogP contribution in [0.3, 0.4) is 0 Å². The lowest BCUT2D eigenvalue weighted by atomic mass is 10.0. The van der Waals surface area contributed by atoms with E-state index >= 15 is 0 Å². The van der Waals surface area contributed by atoms with Crippen LogP contribution >= 0.6 is 0 Å². The van der Waals surface area contributed by atoms with E-state index in [1.807, 2.05) is 45.0 Å². The van der Waals surface area contributed by atoms with E-state index in [1.165, 1.54) is 12.1 Å². The standard InChI is InChI=1S/C26H27N3O3S/c1-19(2)17-25(29-33(31,32)24-14-10-20(3)11-15-24)26(30)28-23-9-6-7-21(18-23)12-13-22-8-4-5-16-27-22/h4-11,14-16,18-19,25,29H,17H2,1-3H3,(H,28,30). The van der Waals surface area contributed by atoms with Crippen LogP contribution < -0.4 is 10.0 Å². The van der Waals surface area contributed by atoms with Crippen molar-refractivity contribution < 1.29 is 13.2 Å². The minimum Gasteiger partial charge on any atom is -0.325 e. The molecule has 3 rings (SSSR count). The predicted octanol–water partition coefficient (Wildman–Crippen LogP) is 4.12. The summed E-state index contributed by atoms with van der Waals surface area (Å²) in [6.45, 7) is 5.76. The summed E-state index contributed by atoms with van der Waals surface area (Å²) in [5.74, 6) is 5.69. The Balaban J connectivity index is 1.76. The molecule has 0 aliphatic heterocycles. The quantitative estimate of drug-likeness (QED) is 0.518. The third-order valence-electron chi connectivity index (χ3n) is 4.78. The number of benzene rings is 2. The third kappa shape index (κ3) is 7.28. The van der Waals surface area contributed by atoms with E-state index in [2.05, 4.69) is 26.9 Å². The zero-order chi connectivity index (χ0) is 23.8. The number of sulfonamides is 1. The molecule has 33 heavy (non-hydrogen) atoms. The summed E-state index contributed by atoms with van der Waals surface area (Å²) in [4.78, 5) is 17.3. The molecule has 0 spiro atoms. The highest BCUT2D eigenvalue weighted by atomic mass is 32.2. The normalized spacial score (nSPS) is 12.0. The average molecular weight is 462 g/mol. The SMILES string of the molecule is Cc1ccc(S(=O)(=O)NC(CC(C)C)C(=O)Nc2cccc(C#Cc3ccccn3)c2)cc1. The van der Waals surface area contributed by atoms with Gasteiger partial charge in [-0.3, -0.25) is 4.79 Å². The van der Waals surface area contributed by atoms with Gasteiger partial charge in [-0.15, -0.1) is 0 Å². The van der Waals surface area contributed by atoms with Crippen molar-refractivity contribution in [1.82, 2.24) is 9.71 Å². The first-order valence-electron chi connectivity index (χ1n) is 10.7. The van der Waals surface area contributed by atoms with Crippen molar-refractivity contribution in [3.63, 3.8) is 0 Å². The van der Waals surface area contributed by atoms with Crippen LogP contribution in [0.4, 0.5) is 5.69 Å². The predicted molar refractivity (Wildman–Crippen MR) is 130 cm³/mol. The first-order chi connectivity index (χ1) is 15.7. The highest BCUT2D eigenvalue weighted by molar-refractivity contribution is 7.89. The molecule has 7 heteroatoms. The van der Waals surface area contributed by atoms with Crippen LogP contribution in [-0.2, 0) is 14.8 Å². The smallest absolute Gasteiger partial charge is 0.242 e. The van der Waals surface area contributed by atoms with Crippen molar-refractivity contribution in [1.29, 1.82) is 0 Å². The Morgan fingerprint density at radius 1 is 1.00 bits per heavy atom. The number of nitrogens with zero attached hydrogens (tertiary/aromatic N) is 1. The van der Waals surface area contributed by atoms with Gasteiger partial charge in [0.2, 0.25) is 15.9 Å². The maximum atomic E-state index is 13.0. The molecule has 2 N–H and O–H groups in total. The summed E-state index contributed by atoms with van der Waals surface area (Å²) in [7, 11) is -3.85. The number of hydrogen-bond acceptors (Lipinski definition) is 4. The lowest BCUT2D eigenvalue weighted by Crippen LogP contribution is -2.44. The summed E-state index contributed by atoms with van der Waals surface area (Å²) in [6, 6.07) is 18.2. The van der Waals surface area contributed by atoms with Gasteiger partial charge in [0.15, 0.2) is 0 Å². The second-order valence-corrected chi connectivity index (χ2v) is 9.87. The Bertz CT molecular complexity index is 1260. The Kier molecular flexibility index (Phi) is 7.99. The molecule has 2 aromatic carbocycles. The number of pyridine rings is 1. The Hall–Kier alpha value is -3.47. The number of rotatable bonds is 7. The van der Waals surface area contributed by atoms with Gasteiger partial charge in [-0.25, -0.2) is 13.4 Å². The van der Waals surface area contributed by atoms with Gasteiger partial charge in [0, 0.05) is 17.4 Å². The van der Waals surface area contributed by atoms with Crippen molar-refractivity contribution in [2.75, 3.05) is 5.32 Å². The highest BCUT2D eigenvalue weighted by Crippen LogP contribution is 2.16. The van der Waals surface area contributed by atoms with Gasteiger partial charge in [-0.1, -0.05) is 49.6 Å². The van der Waals surface area contributed by atoms with Crippen LogP contribution in [0.2, 0.25) is 0 Å². The molecule has 3 aromatic rings. The monoisotopic (exact) mass is 461 g/mol. The fourth-order valence-corrected chi connectivity index (χ4v) is 4.34. The van der Waals surface area contributed by atoms with Crippen molar-refractivity contribution in [3.8, 4) is 11.8 Å². The summed E-state index contributed by atoms with van der Waals surface area (Å²) >= 11 is 0. The first-order valence-corrected chi connectivity index (χ1v) is 12.1. The molecule has 0 radical (unpaired) electrons. The van der Waals surface area contributed by atoms with Gasteiger partial charge >= 0.3 is 0 Å². The molecule has 6 nitrogen and oxygen atoms in total. The number of carbonyl (C=O) groups is 1. The van der Waals surface area contributed by atoms with Crippen molar-refractivity contribution in [2.24, 2.45) is 5.92 Å². The van der Waals surface area contributed by atoms with Crippen LogP contribution in [0.1, 0.15) is 37.1 Å². The Morgan fingerprint density at radius 3 is 2.42 bits per heavy atom. The molecule has 0 saturated carbocycles. The molecule has 0 fully saturated rings. The van der Waals surface area contributed by atoms with E-state index in [0.717, 1.165) is 5.56 Å². The number of aromatic nitrogens is 1. The van der Waals surface area contributed by atoms with Gasteiger partial charge in [0.05, 0.1) is 4.90 Å². The molecule has 170 valence electrons. The maximum absolute atomic E-state index is 13.0. The Morgan fingerprint density at radius 2 is 1.76 bits per heavy atom. The second-order valence-electron chi connectivity index (χ2n) is 8.15. The minimum atomic E-state index is -3.85. The summed E-state index contributed by atoms with van der Waals surface area (Å²) < 4.78 is 28.3. The summed E-state index contributed by atoms with van der Waals surface area (Å²) in [5, 5.41) is 2.82.